The van der Waals surface area contributed by atoms with Gasteiger partial charge in [0.2, 0.25) is 0 Å². The van der Waals surface area contributed by atoms with E-state index in [0.29, 0.717) is 16.9 Å². The molecule has 6 nitrogen and oxygen atoms in total. The average molecular weight is 356 g/mol. The molecule has 2 aromatic heterocycles. The monoisotopic (exact) mass is 356 g/mol. The fourth-order valence-electron chi connectivity index (χ4n) is 2.84. The largest absolute Gasteiger partial charge is 0.322 e. The highest BCUT2D eigenvalue weighted by molar-refractivity contribution is 6.04. The van der Waals surface area contributed by atoms with Crippen molar-refractivity contribution in [3.8, 4) is 11.3 Å². The van der Waals surface area contributed by atoms with E-state index in [9.17, 15) is 9.70 Å². The second-order valence-corrected chi connectivity index (χ2v) is 6.27. The predicted octanol–water partition coefficient (Wildman–Crippen LogP) is 4.96. The number of pyridine rings is 1. The number of carbonyl (C=O) groups is 1. The molecule has 0 radical (unpaired) electrons. The first-order valence-electron chi connectivity index (χ1n) is 8.43. The Hall–Kier alpha value is -3.80. The first kappa shape index (κ1) is 16.7. The molecule has 1 N–H and O–H groups in total. The number of nitrogens with one attached hydrogen (secondary N) is 1. The molecule has 2 heterocycles. The van der Waals surface area contributed by atoms with Crippen molar-refractivity contribution in [3.63, 3.8) is 0 Å². The van der Waals surface area contributed by atoms with Crippen LogP contribution in [0.2, 0.25) is 0 Å². The van der Waals surface area contributed by atoms with Gasteiger partial charge in [0, 0.05) is 29.2 Å². The molecule has 6 heteroatoms. The number of imidazole rings is 1. The summed E-state index contributed by atoms with van der Waals surface area (Å²) in [7, 11) is 0. The summed E-state index contributed by atoms with van der Waals surface area (Å²) < 4.78 is 2.00. The summed E-state index contributed by atoms with van der Waals surface area (Å²) in [4.78, 5) is 27.3. The molecule has 0 unspecified atom stereocenters. The molecule has 0 fully saturated rings. The van der Waals surface area contributed by atoms with Crippen molar-refractivity contribution in [2.45, 2.75) is 6.92 Å². The van der Waals surface area contributed by atoms with Gasteiger partial charge in [-0.15, -0.1) is 4.91 Å². The maximum absolute atomic E-state index is 12.3. The van der Waals surface area contributed by atoms with E-state index in [1.165, 1.54) is 17.7 Å². The molecule has 0 aliphatic heterocycles. The van der Waals surface area contributed by atoms with Gasteiger partial charge in [0.25, 0.3) is 5.91 Å². The summed E-state index contributed by atoms with van der Waals surface area (Å²) in [6, 6.07) is 17.7. The number of aromatic nitrogens is 2. The number of hydrogen-bond acceptors (Lipinski definition) is 4. The van der Waals surface area contributed by atoms with Gasteiger partial charge in [0.05, 0.1) is 5.69 Å². The summed E-state index contributed by atoms with van der Waals surface area (Å²) in [5.74, 6) is -0.247. The van der Waals surface area contributed by atoms with Crippen LogP contribution >= 0.6 is 0 Å². The van der Waals surface area contributed by atoms with Gasteiger partial charge >= 0.3 is 0 Å². The van der Waals surface area contributed by atoms with Gasteiger partial charge in [-0.25, -0.2) is 4.98 Å². The molecular formula is C21H16N4O2. The number of aryl methyl sites for hydroxylation is 1. The predicted molar refractivity (Wildman–Crippen MR) is 105 cm³/mol. The zero-order valence-electron chi connectivity index (χ0n) is 14.6. The lowest BCUT2D eigenvalue weighted by Crippen LogP contribution is -2.11. The first-order chi connectivity index (χ1) is 13.1. The summed E-state index contributed by atoms with van der Waals surface area (Å²) >= 11 is 0. The molecule has 0 saturated carbocycles. The number of nitroso groups, excluding NO2 is 1. The molecule has 0 saturated heterocycles. The number of fused-ring (bicyclic) bond motifs is 1. The van der Waals surface area contributed by atoms with Crippen LogP contribution < -0.4 is 5.32 Å². The Bertz CT molecular complexity index is 1130. The van der Waals surface area contributed by atoms with Crippen molar-refractivity contribution in [2.75, 3.05) is 5.32 Å². The highest BCUT2D eigenvalue weighted by atomic mass is 16.3. The Labute approximate surface area is 155 Å². The minimum atomic E-state index is -0.247. The molecule has 0 aliphatic rings. The minimum Gasteiger partial charge on any atom is -0.322 e. The van der Waals surface area contributed by atoms with E-state index < -0.39 is 0 Å². The normalized spacial score (nSPS) is 10.7. The van der Waals surface area contributed by atoms with Crippen molar-refractivity contribution in [1.29, 1.82) is 0 Å². The Morgan fingerprint density at radius 2 is 1.70 bits per heavy atom. The maximum Gasteiger partial charge on any atom is 0.255 e. The van der Waals surface area contributed by atoms with Crippen LogP contribution in [0.25, 0.3) is 16.9 Å². The van der Waals surface area contributed by atoms with E-state index in [4.69, 9.17) is 0 Å². The van der Waals surface area contributed by atoms with Crippen molar-refractivity contribution in [2.24, 2.45) is 5.18 Å². The lowest BCUT2D eigenvalue weighted by atomic mass is 10.1. The maximum atomic E-state index is 12.3. The summed E-state index contributed by atoms with van der Waals surface area (Å²) in [6.45, 7) is 2.04. The molecule has 4 rings (SSSR count). The third-order valence-electron chi connectivity index (χ3n) is 4.27. The van der Waals surface area contributed by atoms with Gasteiger partial charge in [-0.05, 0) is 60.1 Å². The fourth-order valence-corrected chi connectivity index (χ4v) is 2.84. The molecule has 0 atom stereocenters. The minimum absolute atomic E-state index is 0.247. The average Bonchev–Trinajstić information content (AvgIpc) is 3.11. The topological polar surface area (TPSA) is 75.8 Å². The Balaban J connectivity index is 1.52. The standard InChI is InChI=1S/C21H16N4O2/c1-14-2-11-20-23-19(13-25(20)12-14)15-3-7-17(8-4-15)22-21(26)16-5-9-18(24-27)10-6-16/h2-13H,1H3,(H,22,26). The summed E-state index contributed by atoms with van der Waals surface area (Å²) in [5.41, 5.74) is 5.33. The van der Waals surface area contributed by atoms with Crippen LogP contribution in [0.3, 0.4) is 0 Å². The SMILES string of the molecule is Cc1ccc2nc(-c3ccc(NC(=O)c4ccc(N=O)cc4)cc3)cn2c1. The van der Waals surface area contributed by atoms with Gasteiger partial charge in [-0.2, -0.15) is 0 Å². The van der Waals surface area contributed by atoms with Crippen LogP contribution in [-0.2, 0) is 0 Å². The van der Waals surface area contributed by atoms with Crippen LogP contribution in [-0.4, -0.2) is 15.3 Å². The third-order valence-corrected chi connectivity index (χ3v) is 4.27. The number of benzene rings is 2. The number of carbonyl (C=O) groups excluding carboxylic acids is 1. The van der Waals surface area contributed by atoms with E-state index in [2.05, 4.69) is 15.5 Å². The van der Waals surface area contributed by atoms with Crippen LogP contribution in [0.1, 0.15) is 15.9 Å². The Kier molecular flexibility index (Phi) is 4.22. The second-order valence-electron chi connectivity index (χ2n) is 6.27. The van der Waals surface area contributed by atoms with Crippen molar-refractivity contribution in [1.82, 2.24) is 9.38 Å². The fraction of sp³-hybridized carbons (Fsp3) is 0.0476. The van der Waals surface area contributed by atoms with E-state index in [0.717, 1.165) is 16.9 Å². The molecule has 1 amide bonds. The number of hydrogen-bond donors (Lipinski definition) is 1. The van der Waals surface area contributed by atoms with Gasteiger partial charge in [0.15, 0.2) is 0 Å². The van der Waals surface area contributed by atoms with Gasteiger partial charge in [-0.3, -0.25) is 4.79 Å². The van der Waals surface area contributed by atoms with Crippen LogP contribution in [0.5, 0.6) is 0 Å². The molecule has 0 spiro atoms. The zero-order chi connectivity index (χ0) is 18.8. The van der Waals surface area contributed by atoms with E-state index in [-0.39, 0.29) is 5.91 Å². The molecular weight excluding hydrogens is 340 g/mol. The second kappa shape index (κ2) is 6.84. The number of nitrogens with zero attached hydrogens (tertiary/aromatic N) is 3. The van der Waals surface area contributed by atoms with Crippen molar-refractivity contribution >= 4 is 22.9 Å². The molecule has 4 aromatic rings. The molecule has 132 valence electrons. The van der Waals surface area contributed by atoms with E-state index in [1.54, 1.807) is 12.1 Å². The first-order valence-corrected chi connectivity index (χ1v) is 8.43. The number of rotatable bonds is 4. The number of amides is 1. The van der Waals surface area contributed by atoms with Gasteiger partial charge in [0.1, 0.15) is 11.3 Å². The molecule has 0 aliphatic carbocycles. The molecule has 2 aromatic carbocycles. The molecule has 27 heavy (non-hydrogen) atoms. The van der Waals surface area contributed by atoms with Crippen LogP contribution in [0, 0.1) is 11.8 Å². The Morgan fingerprint density at radius 1 is 0.963 bits per heavy atom. The van der Waals surface area contributed by atoms with Gasteiger partial charge < -0.3 is 9.72 Å². The number of anilines is 1. The highest BCUT2D eigenvalue weighted by Gasteiger charge is 2.08. The lowest BCUT2D eigenvalue weighted by molar-refractivity contribution is 0.102. The summed E-state index contributed by atoms with van der Waals surface area (Å²) in [5, 5.41) is 5.66. The van der Waals surface area contributed by atoms with Crippen molar-refractivity contribution in [3.05, 3.63) is 89.1 Å². The smallest absolute Gasteiger partial charge is 0.255 e. The van der Waals surface area contributed by atoms with E-state index >= 15 is 0 Å². The van der Waals surface area contributed by atoms with E-state index in [1.807, 2.05) is 60.1 Å². The summed E-state index contributed by atoms with van der Waals surface area (Å²) in [6.07, 6.45) is 4.02. The van der Waals surface area contributed by atoms with Crippen molar-refractivity contribution < 1.29 is 4.79 Å². The van der Waals surface area contributed by atoms with Crippen LogP contribution in [0.4, 0.5) is 11.4 Å². The quantitative estimate of drug-likeness (QED) is 0.525. The third kappa shape index (κ3) is 3.46. The van der Waals surface area contributed by atoms with Crippen LogP contribution in [0.15, 0.2) is 78.2 Å². The Morgan fingerprint density at radius 3 is 2.41 bits per heavy atom. The molecule has 0 bridgehead atoms. The lowest BCUT2D eigenvalue weighted by Gasteiger charge is -2.06. The van der Waals surface area contributed by atoms with Gasteiger partial charge in [-0.1, -0.05) is 18.2 Å². The highest BCUT2D eigenvalue weighted by Crippen LogP contribution is 2.22. The zero-order valence-corrected chi connectivity index (χ0v) is 14.6.